The molecule has 0 spiro atoms. The van der Waals surface area contributed by atoms with Crippen molar-refractivity contribution in [2.75, 3.05) is 12.4 Å². The Morgan fingerprint density at radius 3 is 1.92 bits per heavy atom. The van der Waals surface area contributed by atoms with Crippen molar-refractivity contribution in [1.29, 1.82) is 0 Å². The van der Waals surface area contributed by atoms with E-state index in [2.05, 4.69) is 0 Å². The van der Waals surface area contributed by atoms with Crippen molar-refractivity contribution >= 4 is 69.8 Å². The minimum atomic E-state index is -0.144. The summed E-state index contributed by atoms with van der Waals surface area (Å²) < 4.78 is 0.105. The summed E-state index contributed by atoms with van der Waals surface area (Å²) in [6.45, 7) is 0.000988. The average Bonchev–Trinajstić information content (AvgIpc) is 2.11. The van der Waals surface area contributed by atoms with Crippen LogP contribution in [0.25, 0.3) is 0 Å². The summed E-state index contributed by atoms with van der Waals surface area (Å²) in [6, 6.07) is 0. The van der Waals surface area contributed by atoms with E-state index in [1.807, 2.05) is 0 Å². The maximum absolute atomic E-state index is 8.50. The van der Waals surface area contributed by atoms with Crippen LogP contribution in [0.5, 0.6) is 0 Å². The van der Waals surface area contributed by atoms with Gasteiger partial charge in [0.1, 0.15) is 4.49 Å². The highest BCUT2D eigenvalue weighted by Crippen LogP contribution is 2.35. The van der Waals surface area contributed by atoms with Gasteiger partial charge in [0.2, 0.25) is 0 Å². The maximum atomic E-state index is 8.50. The first-order valence-electron chi connectivity index (χ1n) is 3.00. The lowest BCUT2D eigenvalue weighted by molar-refractivity contribution is 0.322. The van der Waals surface area contributed by atoms with Crippen LogP contribution in [0, 0.1) is 0 Å². The van der Waals surface area contributed by atoms with Gasteiger partial charge in [0.05, 0.1) is 21.0 Å². The minimum Gasteiger partial charge on any atom is -0.396 e. The molecular formula is C6H5Cl5OS. The zero-order chi connectivity index (χ0) is 10.4. The lowest BCUT2D eigenvalue weighted by Gasteiger charge is -2.01. The summed E-state index contributed by atoms with van der Waals surface area (Å²) in [7, 11) is 0. The third-order valence-corrected chi connectivity index (χ3v) is 3.84. The molecule has 0 aromatic heterocycles. The van der Waals surface area contributed by atoms with Gasteiger partial charge in [0.25, 0.3) is 0 Å². The number of hydrogen-bond donors (Lipinski definition) is 1. The van der Waals surface area contributed by atoms with E-state index in [1.165, 1.54) is 0 Å². The zero-order valence-corrected chi connectivity index (χ0v) is 10.8. The van der Waals surface area contributed by atoms with Crippen LogP contribution in [0.15, 0.2) is 18.9 Å². The summed E-state index contributed by atoms with van der Waals surface area (Å²) in [6.07, 6.45) is 0. The van der Waals surface area contributed by atoms with Crippen LogP contribution in [0.3, 0.4) is 0 Å². The second kappa shape index (κ2) is 7.52. The molecule has 0 radical (unpaired) electrons. The van der Waals surface area contributed by atoms with E-state index in [-0.39, 0.29) is 25.5 Å². The van der Waals surface area contributed by atoms with Crippen LogP contribution in [0.4, 0.5) is 0 Å². The number of hydrogen-bond acceptors (Lipinski definition) is 2. The van der Waals surface area contributed by atoms with Crippen molar-refractivity contribution in [2.45, 2.75) is 0 Å². The fourth-order valence-corrected chi connectivity index (χ4v) is 1.94. The Balaban J connectivity index is 4.52. The average molecular weight is 302 g/mol. The summed E-state index contributed by atoms with van der Waals surface area (Å²) in [5, 5.41) is 8.59. The van der Waals surface area contributed by atoms with Gasteiger partial charge in [-0.05, 0) is 0 Å². The highest BCUT2D eigenvalue weighted by Gasteiger charge is 2.09. The van der Waals surface area contributed by atoms with Crippen LogP contribution >= 0.6 is 69.8 Å². The normalized spacial score (nSPS) is 12.5. The predicted molar refractivity (Wildman–Crippen MR) is 62.9 cm³/mol. The minimum absolute atomic E-state index is 0.000407. The third kappa shape index (κ3) is 5.63. The van der Waals surface area contributed by atoms with Crippen LogP contribution in [-0.4, -0.2) is 17.5 Å². The number of thioether (sulfide) groups is 1. The Morgan fingerprint density at radius 2 is 1.54 bits per heavy atom. The van der Waals surface area contributed by atoms with Gasteiger partial charge in [-0.3, -0.25) is 0 Å². The molecule has 0 atom stereocenters. The van der Waals surface area contributed by atoms with Crippen molar-refractivity contribution < 1.29 is 5.11 Å². The fourth-order valence-electron chi connectivity index (χ4n) is 0.368. The van der Waals surface area contributed by atoms with Crippen molar-refractivity contribution in [1.82, 2.24) is 0 Å². The molecular weight excluding hydrogens is 297 g/mol. The van der Waals surface area contributed by atoms with Gasteiger partial charge in [-0.15, -0.1) is 11.8 Å². The first-order valence-corrected chi connectivity index (χ1v) is 5.88. The Morgan fingerprint density at radius 1 is 1.00 bits per heavy atom. The standard InChI is InChI=1S/C6H5Cl5OS/c7-3(5(9)10)4(8)6(11)13-2-1-12/h12H,1-2H2/b6-4-. The monoisotopic (exact) mass is 300 g/mol. The van der Waals surface area contributed by atoms with E-state index >= 15 is 0 Å². The molecule has 13 heavy (non-hydrogen) atoms. The molecule has 0 unspecified atom stereocenters. The van der Waals surface area contributed by atoms with E-state index in [9.17, 15) is 0 Å². The van der Waals surface area contributed by atoms with Gasteiger partial charge in [-0.1, -0.05) is 58.0 Å². The number of aliphatic hydroxyl groups excluding tert-OH is 1. The second-order valence-corrected chi connectivity index (χ2v) is 5.15. The Bertz CT molecular complexity index is 233. The molecule has 0 rings (SSSR count). The summed E-state index contributed by atoms with van der Waals surface area (Å²) in [4.78, 5) is 0. The van der Waals surface area contributed by atoms with Crippen molar-refractivity contribution in [2.24, 2.45) is 0 Å². The van der Waals surface area contributed by atoms with E-state index in [0.717, 1.165) is 11.8 Å². The molecule has 0 fully saturated rings. The molecule has 7 heteroatoms. The third-order valence-electron chi connectivity index (χ3n) is 0.851. The van der Waals surface area contributed by atoms with Crippen molar-refractivity contribution in [3.8, 4) is 0 Å². The second-order valence-electron chi connectivity index (χ2n) is 1.73. The van der Waals surface area contributed by atoms with Crippen molar-refractivity contribution in [3.63, 3.8) is 0 Å². The van der Waals surface area contributed by atoms with E-state index in [1.54, 1.807) is 0 Å². The quantitative estimate of drug-likeness (QED) is 0.784. The summed E-state index contributed by atoms with van der Waals surface area (Å²) in [5.41, 5.74) is 0. The van der Waals surface area contributed by atoms with Crippen LogP contribution in [-0.2, 0) is 0 Å². The summed E-state index contributed by atoms with van der Waals surface area (Å²) >= 11 is 28.9. The summed E-state index contributed by atoms with van der Waals surface area (Å²) in [5.74, 6) is 0.430. The SMILES string of the molecule is OCCS/C(Cl)=C(\Cl)C(Cl)=C(Cl)Cl. The first-order chi connectivity index (χ1) is 6.00. The van der Waals surface area contributed by atoms with Gasteiger partial charge in [-0.25, -0.2) is 0 Å². The Labute approximate surface area is 106 Å². The highest BCUT2D eigenvalue weighted by molar-refractivity contribution is 8.04. The van der Waals surface area contributed by atoms with Crippen LogP contribution in [0.2, 0.25) is 0 Å². The van der Waals surface area contributed by atoms with Gasteiger partial charge < -0.3 is 5.11 Å². The smallest absolute Gasteiger partial charge is 0.127 e. The van der Waals surface area contributed by atoms with E-state index in [0.29, 0.717) is 5.75 Å². The molecule has 0 heterocycles. The number of aliphatic hydroxyl groups is 1. The first kappa shape index (κ1) is 14.2. The zero-order valence-electron chi connectivity index (χ0n) is 6.16. The molecule has 76 valence electrons. The molecule has 0 saturated heterocycles. The molecule has 0 saturated carbocycles. The van der Waals surface area contributed by atoms with E-state index in [4.69, 9.17) is 63.1 Å². The molecule has 0 aromatic rings. The van der Waals surface area contributed by atoms with Gasteiger partial charge in [-0.2, -0.15) is 0 Å². The van der Waals surface area contributed by atoms with Crippen LogP contribution in [0.1, 0.15) is 0 Å². The number of halogens is 5. The number of rotatable bonds is 4. The maximum Gasteiger partial charge on any atom is 0.127 e. The van der Waals surface area contributed by atoms with Gasteiger partial charge >= 0.3 is 0 Å². The molecule has 0 amide bonds. The molecule has 0 aliphatic carbocycles. The Hall–Kier alpha value is 1.24. The van der Waals surface area contributed by atoms with Crippen molar-refractivity contribution in [3.05, 3.63) is 18.9 Å². The number of allylic oxidation sites excluding steroid dienone is 2. The molecule has 1 N–H and O–H groups in total. The van der Waals surface area contributed by atoms with E-state index < -0.39 is 0 Å². The van der Waals surface area contributed by atoms with Gasteiger partial charge in [0.15, 0.2) is 0 Å². The van der Waals surface area contributed by atoms with Crippen LogP contribution < -0.4 is 0 Å². The Kier molecular flexibility index (Phi) is 8.24. The largest absolute Gasteiger partial charge is 0.396 e. The highest BCUT2D eigenvalue weighted by atomic mass is 35.5. The lowest BCUT2D eigenvalue weighted by Crippen LogP contribution is -1.86. The predicted octanol–water partition coefficient (Wildman–Crippen LogP) is 4.24. The lowest BCUT2D eigenvalue weighted by atomic mass is 10.6. The van der Waals surface area contributed by atoms with Gasteiger partial charge in [0, 0.05) is 5.75 Å². The fraction of sp³-hybridized carbons (Fsp3) is 0.333. The molecule has 0 aliphatic heterocycles. The molecule has 0 bridgehead atoms. The molecule has 0 aromatic carbocycles. The molecule has 0 aliphatic rings. The topological polar surface area (TPSA) is 20.2 Å². The molecule has 1 nitrogen and oxygen atoms in total.